The van der Waals surface area contributed by atoms with Gasteiger partial charge in [-0.1, -0.05) is 18.2 Å². The maximum absolute atomic E-state index is 9.00. The van der Waals surface area contributed by atoms with Crippen LogP contribution in [0.5, 0.6) is 0 Å². The van der Waals surface area contributed by atoms with Crippen LogP contribution in [-0.2, 0) is 11.4 Å². The van der Waals surface area contributed by atoms with Gasteiger partial charge in [0.15, 0.2) is 0 Å². The molecule has 0 heterocycles. The molecule has 0 aromatic heterocycles. The van der Waals surface area contributed by atoms with Gasteiger partial charge in [-0.25, -0.2) is 0 Å². The Morgan fingerprint density at radius 1 is 1.29 bits per heavy atom. The molecule has 0 radical (unpaired) electrons. The largest absolute Gasteiger partial charge is 0.481 e. The fraction of sp³-hybridized carbons (Fsp3) is 0.364. The van der Waals surface area contributed by atoms with Crippen molar-refractivity contribution in [3.05, 3.63) is 34.9 Å². The van der Waals surface area contributed by atoms with Gasteiger partial charge >= 0.3 is 0 Å². The van der Waals surface area contributed by atoms with Gasteiger partial charge < -0.3 is 10.2 Å². The van der Waals surface area contributed by atoms with Crippen LogP contribution >= 0.6 is 0 Å². The first-order valence-corrected chi connectivity index (χ1v) is 4.34. The Morgan fingerprint density at radius 3 is 1.86 bits per heavy atom. The monoisotopic (exact) mass is 196 g/mol. The molecule has 3 nitrogen and oxygen atoms in total. The van der Waals surface area contributed by atoms with Crippen LogP contribution in [0, 0.1) is 13.8 Å². The van der Waals surface area contributed by atoms with Gasteiger partial charge in [0, 0.05) is 6.92 Å². The van der Waals surface area contributed by atoms with Gasteiger partial charge in [0.1, 0.15) is 0 Å². The summed E-state index contributed by atoms with van der Waals surface area (Å²) in [7, 11) is 0. The SMILES string of the molecule is CC(=O)O.Cc1cccc(C)c1CO. The van der Waals surface area contributed by atoms with Crippen LogP contribution in [-0.4, -0.2) is 16.2 Å². The van der Waals surface area contributed by atoms with Crippen molar-refractivity contribution in [3.63, 3.8) is 0 Å². The van der Waals surface area contributed by atoms with Crippen molar-refractivity contribution in [1.82, 2.24) is 0 Å². The van der Waals surface area contributed by atoms with E-state index in [1.165, 1.54) is 11.1 Å². The number of benzene rings is 1. The number of hydrogen-bond acceptors (Lipinski definition) is 2. The van der Waals surface area contributed by atoms with E-state index in [0.717, 1.165) is 12.5 Å². The number of carbonyl (C=O) groups is 1. The lowest BCUT2D eigenvalue weighted by Crippen LogP contribution is -1.91. The second-order valence-electron chi connectivity index (χ2n) is 3.05. The molecule has 0 amide bonds. The van der Waals surface area contributed by atoms with Gasteiger partial charge in [-0.05, 0) is 30.5 Å². The molecule has 14 heavy (non-hydrogen) atoms. The fourth-order valence-corrected chi connectivity index (χ4v) is 1.10. The number of carboxylic acids is 1. The molecule has 0 atom stereocenters. The second-order valence-corrected chi connectivity index (χ2v) is 3.05. The van der Waals surface area contributed by atoms with Crippen molar-refractivity contribution >= 4 is 5.97 Å². The average Bonchev–Trinajstić information content (AvgIpc) is 2.03. The van der Waals surface area contributed by atoms with Gasteiger partial charge in [-0.3, -0.25) is 4.79 Å². The molecule has 0 aliphatic rings. The first-order chi connectivity index (χ1) is 6.49. The summed E-state index contributed by atoms with van der Waals surface area (Å²) in [5, 5.41) is 16.3. The van der Waals surface area contributed by atoms with E-state index in [2.05, 4.69) is 0 Å². The molecular weight excluding hydrogens is 180 g/mol. The normalized spacial score (nSPS) is 8.86. The molecule has 0 aliphatic carbocycles. The maximum Gasteiger partial charge on any atom is 0.300 e. The molecule has 0 unspecified atom stereocenters. The van der Waals surface area contributed by atoms with Crippen molar-refractivity contribution in [2.75, 3.05) is 0 Å². The zero-order valence-corrected chi connectivity index (χ0v) is 8.74. The van der Waals surface area contributed by atoms with Crippen molar-refractivity contribution in [2.24, 2.45) is 0 Å². The Morgan fingerprint density at radius 2 is 1.64 bits per heavy atom. The smallest absolute Gasteiger partial charge is 0.300 e. The number of rotatable bonds is 1. The molecule has 1 aromatic rings. The fourth-order valence-electron chi connectivity index (χ4n) is 1.10. The summed E-state index contributed by atoms with van der Waals surface area (Å²) < 4.78 is 0. The standard InChI is InChI=1S/C9H12O.C2H4O2/c1-7-4-3-5-8(2)9(7)6-10;1-2(3)4/h3-5,10H,6H2,1-2H3;1H3,(H,3,4). The topological polar surface area (TPSA) is 57.5 Å². The van der Waals surface area contributed by atoms with E-state index in [4.69, 9.17) is 15.0 Å². The summed E-state index contributed by atoms with van der Waals surface area (Å²) >= 11 is 0. The van der Waals surface area contributed by atoms with Crippen molar-refractivity contribution < 1.29 is 15.0 Å². The third-order valence-electron chi connectivity index (χ3n) is 1.80. The Kier molecular flexibility index (Phi) is 5.56. The minimum Gasteiger partial charge on any atom is -0.481 e. The summed E-state index contributed by atoms with van der Waals surface area (Å²) in [5.41, 5.74) is 3.40. The molecule has 1 aromatic carbocycles. The lowest BCUT2D eigenvalue weighted by Gasteiger charge is -2.04. The molecule has 0 spiro atoms. The zero-order chi connectivity index (χ0) is 11.1. The maximum atomic E-state index is 9.00. The van der Waals surface area contributed by atoms with E-state index in [-0.39, 0.29) is 6.61 Å². The van der Waals surface area contributed by atoms with E-state index in [9.17, 15) is 0 Å². The Bertz CT molecular complexity index is 281. The van der Waals surface area contributed by atoms with Crippen LogP contribution in [0.3, 0.4) is 0 Å². The highest BCUT2D eigenvalue weighted by molar-refractivity contribution is 5.62. The highest BCUT2D eigenvalue weighted by Crippen LogP contribution is 2.11. The molecule has 1 rings (SSSR count). The van der Waals surface area contributed by atoms with Crippen molar-refractivity contribution in [3.8, 4) is 0 Å². The van der Waals surface area contributed by atoms with Crippen molar-refractivity contribution in [1.29, 1.82) is 0 Å². The summed E-state index contributed by atoms with van der Waals surface area (Å²) in [6.45, 7) is 5.26. The minimum atomic E-state index is -0.833. The van der Waals surface area contributed by atoms with Crippen LogP contribution in [0.2, 0.25) is 0 Å². The molecule has 0 saturated heterocycles. The molecule has 78 valence electrons. The zero-order valence-electron chi connectivity index (χ0n) is 8.74. The lowest BCUT2D eigenvalue weighted by atomic mass is 10.0. The number of aryl methyl sites for hydroxylation is 2. The van der Waals surface area contributed by atoms with E-state index in [1.54, 1.807) is 0 Å². The van der Waals surface area contributed by atoms with Crippen molar-refractivity contribution in [2.45, 2.75) is 27.4 Å². The predicted molar refractivity (Wildman–Crippen MR) is 55.1 cm³/mol. The molecular formula is C11H16O3. The molecule has 0 bridgehead atoms. The van der Waals surface area contributed by atoms with Gasteiger partial charge in [0.2, 0.25) is 0 Å². The Hall–Kier alpha value is -1.35. The van der Waals surface area contributed by atoms with Crippen LogP contribution < -0.4 is 0 Å². The molecule has 3 heteroatoms. The summed E-state index contributed by atoms with van der Waals surface area (Å²) in [4.78, 5) is 9.00. The van der Waals surface area contributed by atoms with Crippen LogP contribution in [0.1, 0.15) is 23.6 Å². The highest BCUT2D eigenvalue weighted by atomic mass is 16.4. The Labute approximate surface area is 84.0 Å². The van der Waals surface area contributed by atoms with Gasteiger partial charge in [0.25, 0.3) is 5.97 Å². The molecule has 2 N–H and O–H groups in total. The third kappa shape index (κ3) is 4.62. The summed E-state index contributed by atoms with van der Waals surface area (Å²) in [5.74, 6) is -0.833. The van der Waals surface area contributed by atoms with Crippen LogP contribution in [0.15, 0.2) is 18.2 Å². The quantitative estimate of drug-likeness (QED) is 0.721. The first-order valence-electron chi connectivity index (χ1n) is 4.34. The number of aliphatic hydroxyl groups is 1. The number of carboxylic acid groups (broad SMARTS) is 1. The van der Waals surface area contributed by atoms with Crippen LogP contribution in [0.4, 0.5) is 0 Å². The number of aliphatic hydroxyl groups excluding tert-OH is 1. The average molecular weight is 196 g/mol. The van der Waals surface area contributed by atoms with E-state index >= 15 is 0 Å². The van der Waals surface area contributed by atoms with E-state index in [0.29, 0.717) is 0 Å². The van der Waals surface area contributed by atoms with Gasteiger partial charge in [-0.15, -0.1) is 0 Å². The summed E-state index contributed by atoms with van der Waals surface area (Å²) in [6, 6.07) is 6.03. The highest BCUT2D eigenvalue weighted by Gasteiger charge is 1.97. The van der Waals surface area contributed by atoms with E-state index in [1.807, 2.05) is 32.0 Å². The second kappa shape index (κ2) is 6.16. The number of aliphatic carboxylic acids is 1. The Balaban J connectivity index is 0.000000364. The van der Waals surface area contributed by atoms with Gasteiger partial charge in [0.05, 0.1) is 6.61 Å². The number of hydrogen-bond donors (Lipinski definition) is 2. The predicted octanol–water partition coefficient (Wildman–Crippen LogP) is 1.89. The summed E-state index contributed by atoms with van der Waals surface area (Å²) in [6.07, 6.45) is 0. The van der Waals surface area contributed by atoms with Gasteiger partial charge in [-0.2, -0.15) is 0 Å². The molecule has 0 aliphatic heterocycles. The minimum absolute atomic E-state index is 0.151. The lowest BCUT2D eigenvalue weighted by molar-refractivity contribution is -0.134. The first kappa shape index (κ1) is 12.7. The molecule has 0 fully saturated rings. The van der Waals surface area contributed by atoms with E-state index < -0.39 is 5.97 Å². The van der Waals surface area contributed by atoms with Crippen LogP contribution in [0.25, 0.3) is 0 Å². The molecule has 0 saturated carbocycles. The third-order valence-corrected chi connectivity index (χ3v) is 1.80.